The lowest BCUT2D eigenvalue weighted by molar-refractivity contribution is 0.104. The van der Waals surface area contributed by atoms with Crippen molar-refractivity contribution in [3.05, 3.63) is 54.1 Å². The SMILES string of the molecule is CN=C(NCCc1nccn1Cc1ccccc1)NCC1(CC(C)C)CCC1. The maximum atomic E-state index is 4.54. The maximum absolute atomic E-state index is 4.54. The van der Waals surface area contributed by atoms with E-state index < -0.39 is 0 Å². The molecule has 1 aromatic heterocycles. The third-order valence-electron chi connectivity index (χ3n) is 5.75. The minimum Gasteiger partial charge on any atom is -0.356 e. The molecule has 0 bridgehead atoms. The molecule has 5 heteroatoms. The van der Waals surface area contributed by atoms with Crippen molar-refractivity contribution in [2.45, 2.75) is 52.5 Å². The zero-order chi connectivity index (χ0) is 19.8. The first kappa shape index (κ1) is 20.4. The Bertz CT molecular complexity index is 743. The first-order chi connectivity index (χ1) is 13.6. The van der Waals surface area contributed by atoms with E-state index in [1.54, 1.807) is 0 Å². The molecule has 1 aliphatic carbocycles. The van der Waals surface area contributed by atoms with Crippen molar-refractivity contribution in [3.8, 4) is 0 Å². The predicted molar refractivity (Wildman–Crippen MR) is 117 cm³/mol. The van der Waals surface area contributed by atoms with Crippen LogP contribution in [-0.4, -0.2) is 35.6 Å². The average Bonchev–Trinajstić information content (AvgIpc) is 3.09. The van der Waals surface area contributed by atoms with Crippen molar-refractivity contribution in [1.29, 1.82) is 0 Å². The van der Waals surface area contributed by atoms with Gasteiger partial charge in [-0.15, -0.1) is 0 Å². The van der Waals surface area contributed by atoms with E-state index in [2.05, 4.69) is 75.6 Å². The van der Waals surface area contributed by atoms with Crippen LogP contribution in [0.25, 0.3) is 0 Å². The molecule has 152 valence electrons. The van der Waals surface area contributed by atoms with Crippen LogP contribution in [0.15, 0.2) is 47.7 Å². The van der Waals surface area contributed by atoms with Gasteiger partial charge in [0.1, 0.15) is 5.82 Å². The van der Waals surface area contributed by atoms with Gasteiger partial charge in [-0.3, -0.25) is 4.99 Å². The van der Waals surface area contributed by atoms with Crippen LogP contribution in [0.1, 0.15) is 50.9 Å². The van der Waals surface area contributed by atoms with Gasteiger partial charge in [-0.2, -0.15) is 0 Å². The number of benzene rings is 1. The van der Waals surface area contributed by atoms with Gasteiger partial charge < -0.3 is 15.2 Å². The molecule has 0 aliphatic heterocycles. The van der Waals surface area contributed by atoms with Crippen molar-refractivity contribution in [2.75, 3.05) is 20.1 Å². The van der Waals surface area contributed by atoms with E-state index >= 15 is 0 Å². The third-order valence-corrected chi connectivity index (χ3v) is 5.75. The van der Waals surface area contributed by atoms with Crippen LogP contribution in [0.4, 0.5) is 0 Å². The number of hydrogen-bond acceptors (Lipinski definition) is 2. The smallest absolute Gasteiger partial charge is 0.191 e. The summed E-state index contributed by atoms with van der Waals surface area (Å²) in [6, 6.07) is 10.5. The van der Waals surface area contributed by atoms with E-state index in [9.17, 15) is 0 Å². The second-order valence-electron chi connectivity index (χ2n) is 8.51. The molecule has 2 N–H and O–H groups in total. The molecule has 1 aliphatic rings. The van der Waals surface area contributed by atoms with Gasteiger partial charge in [-0.1, -0.05) is 50.6 Å². The van der Waals surface area contributed by atoms with Crippen LogP contribution in [0.2, 0.25) is 0 Å². The summed E-state index contributed by atoms with van der Waals surface area (Å²) >= 11 is 0. The number of nitrogens with one attached hydrogen (secondary N) is 2. The van der Waals surface area contributed by atoms with Gasteiger partial charge >= 0.3 is 0 Å². The number of nitrogens with zero attached hydrogens (tertiary/aromatic N) is 3. The summed E-state index contributed by atoms with van der Waals surface area (Å²) in [5, 5.41) is 7.02. The molecule has 0 atom stereocenters. The highest BCUT2D eigenvalue weighted by atomic mass is 15.2. The molecule has 0 spiro atoms. The summed E-state index contributed by atoms with van der Waals surface area (Å²) in [4.78, 5) is 8.94. The van der Waals surface area contributed by atoms with E-state index in [-0.39, 0.29) is 0 Å². The number of imidazole rings is 1. The zero-order valence-electron chi connectivity index (χ0n) is 17.6. The molecule has 0 radical (unpaired) electrons. The molecule has 1 saturated carbocycles. The summed E-state index contributed by atoms with van der Waals surface area (Å²) in [6.07, 6.45) is 10.2. The Hall–Kier alpha value is -2.30. The fourth-order valence-electron chi connectivity index (χ4n) is 4.27. The molecule has 28 heavy (non-hydrogen) atoms. The topological polar surface area (TPSA) is 54.2 Å². The standard InChI is InChI=1S/C23H35N5/c1-19(2)16-23(11-7-12-23)18-27-22(24-3)26-13-10-21-25-14-15-28(21)17-20-8-5-4-6-9-20/h4-6,8-9,14-15,19H,7,10-13,16-18H2,1-3H3,(H2,24,26,27). The summed E-state index contributed by atoms with van der Waals surface area (Å²) in [5.41, 5.74) is 1.76. The molecule has 1 aromatic carbocycles. The van der Waals surface area contributed by atoms with Gasteiger partial charge in [0.2, 0.25) is 0 Å². The Kier molecular flexibility index (Phi) is 7.12. The molecule has 0 unspecified atom stereocenters. The van der Waals surface area contributed by atoms with Crippen molar-refractivity contribution >= 4 is 5.96 Å². The predicted octanol–water partition coefficient (Wildman–Crippen LogP) is 3.86. The van der Waals surface area contributed by atoms with Crippen LogP contribution in [0.3, 0.4) is 0 Å². The highest BCUT2D eigenvalue weighted by Crippen LogP contribution is 2.45. The summed E-state index contributed by atoms with van der Waals surface area (Å²) in [5.74, 6) is 2.75. The molecule has 5 nitrogen and oxygen atoms in total. The Morgan fingerprint density at radius 2 is 2.00 bits per heavy atom. The minimum atomic E-state index is 0.470. The van der Waals surface area contributed by atoms with Crippen LogP contribution in [0, 0.1) is 11.3 Å². The van der Waals surface area contributed by atoms with Gasteiger partial charge in [-0.05, 0) is 36.2 Å². The number of hydrogen-bond donors (Lipinski definition) is 2. The van der Waals surface area contributed by atoms with Crippen LogP contribution < -0.4 is 10.6 Å². The number of rotatable bonds is 9. The maximum Gasteiger partial charge on any atom is 0.191 e. The van der Waals surface area contributed by atoms with Gasteiger partial charge in [-0.25, -0.2) is 4.98 Å². The molecule has 0 saturated heterocycles. The van der Waals surface area contributed by atoms with E-state index in [1.165, 1.54) is 31.2 Å². The second-order valence-corrected chi connectivity index (χ2v) is 8.51. The molecule has 0 amide bonds. The van der Waals surface area contributed by atoms with Gasteiger partial charge in [0.15, 0.2) is 5.96 Å². The Labute approximate surface area is 169 Å². The summed E-state index contributed by atoms with van der Waals surface area (Å²) in [6.45, 7) is 7.35. The first-order valence-electron chi connectivity index (χ1n) is 10.6. The molecule has 3 rings (SSSR count). The third kappa shape index (κ3) is 5.60. The normalized spacial score (nSPS) is 16.1. The molecule has 1 fully saturated rings. The lowest BCUT2D eigenvalue weighted by Crippen LogP contribution is -2.47. The zero-order valence-corrected chi connectivity index (χ0v) is 17.6. The highest BCUT2D eigenvalue weighted by Gasteiger charge is 2.37. The Balaban J connectivity index is 1.46. The van der Waals surface area contributed by atoms with Crippen molar-refractivity contribution in [2.24, 2.45) is 16.3 Å². The van der Waals surface area contributed by atoms with E-state index in [0.29, 0.717) is 5.41 Å². The monoisotopic (exact) mass is 381 g/mol. The van der Waals surface area contributed by atoms with Crippen LogP contribution in [-0.2, 0) is 13.0 Å². The molecular weight excluding hydrogens is 346 g/mol. The summed E-state index contributed by atoms with van der Waals surface area (Å²) < 4.78 is 2.22. The fourth-order valence-corrected chi connectivity index (χ4v) is 4.27. The van der Waals surface area contributed by atoms with Crippen LogP contribution in [0.5, 0.6) is 0 Å². The molecular formula is C23H35N5. The Morgan fingerprint density at radius 1 is 1.21 bits per heavy atom. The largest absolute Gasteiger partial charge is 0.356 e. The van der Waals surface area contributed by atoms with Crippen LogP contribution >= 0.6 is 0 Å². The van der Waals surface area contributed by atoms with Crippen molar-refractivity contribution < 1.29 is 0 Å². The summed E-state index contributed by atoms with van der Waals surface area (Å²) in [7, 11) is 1.85. The molecule has 1 heterocycles. The average molecular weight is 382 g/mol. The van der Waals surface area contributed by atoms with Gasteiger partial charge in [0.25, 0.3) is 0 Å². The van der Waals surface area contributed by atoms with E-state index in [1.807, 2.05) is 13.2 Å². The number of aromatic nitrogens is 2. The first-order valence-corrected chi connectivity index (χ1v) is 10.6. The lowest BCUT2D eigenvalue weighted by atomic mass is 9.64. The lowest BCUT2D eigenvalue weighted by Gasteiger charge is -2.43. The minimum absolute atomic E-state index is 0.470. The number of guanidine groups is 1. The second kappa shape index (κ2) is 9.76. The highest BCUT2D eigenvalue weighted by molar-refractivity contribution is 5.79. The Morgan fingerprint density at radius 3 is 2.64 bits per heavy atom. The van der Waals surface area contributed by atoms with Gasteiger partial charge in [0.05, 0.1) is 0 Å². The van der Waals surface area contributed by atoms with Gasteiger partial charge in [0, 0.05) is 45.5 Å². The number of aliphatic imine (C=N–C) groups is 1. The van der Waals surface area contributed by atoms with Crippen molar-refractivity contribution in [1.82, 2.24) is 20.2 Å². The van der Waals surface area contributed by atoms with E-state index in [4.69, 9.17) is 0 Å². The van der Waals surface area contributed by atoms with Crippen molar-refractivity contribution in [3.63, 3.8) is 0 Å². The fraction of sp³-hybridized carbons (Fsp3) is 0.565. The molecule has 2 aromatic rings. The quantitative estimate of drug-likeness (QED) is 0.512. The van der Waals surface area contributed by atoms with E-state index in [0.717, 1.165) is 43.8 Å².